The standard InChI is InChI=1S/C39H50F2N4O5/c1-6-9-31(42-36(48)29-11-10-26(5)45(38(29)50)15-14-44-21-39(22-44)12-7-8-13-39)37(49)43-32(20-33(46)47)30-19-27(16-25(4)35(30)41)34-23(2)17-28(40)18-24(34)3/h11,16-19,26,31-32H,6-10,12-15,20-22H2,1-5H3,(H,42,48)(H,43,49)(H,46,47)/t26?,31-,32-/m0/s1. The highest BCUT2D eigenvalue weighted by molar-refractivity contribution is 6.19. The zero-order chi connectivity index (χ0) is 36.3. The molecule has 3 aliphatic rings. The molecule has 1 aliphatic carbocycles. The van der Waals surface area contributed by atoms with Gasteiger partial charge in [0.1, 0.15) is 23.2 Å². The molecule has 5 rings (SSSR count). The lowest BCUT2D eigenvalue weighted by atomic mass is 9.78. The quantitative estimate of drug-likeness (QED) is 0.225. The molecule has 50 heavy (non-hydrogen) atoms. The van der Waals surface area contributed by atoms with Gasteiger partial charge >= 0.3 is 5.97 Å². The monoisotopic (exact) mass is 692 g/mol. The van der Waals surface area contributed by atoms with Crippen molar-refractivity contribution in [2.24, 2.45) is 5.41 Å². The molecule has 3 atom stereocenters. The third kappa shape index (κ3) is 8.09. The van der Waals surface area contributed by atoms with Gasteiger partial charge in [-0.1, -0.05) is 32.3 Å². The van der Waals surface area contributed by atoms with Gasteiger partial charge in [0.15, 0.2) is 0 Å². The second-order valence-corrected chi connectivity index (χ2v) is 14.7. The summed E-state index contributed by atoms with van der Waals surface area (Å²) in [5.74, 6) is -4.06. The zero-order valence-corrected chi connectivity index (χ0v) is 29.8. The van der Waals surface area contributed by atoms with Crippen molar-refractivity contribution in [3.05, 3.63) is 69.8 Å². The Hall–Kier alpha value is -4.12. The number of hydrogen-bond donors (Lipinski definition) is 3. The number of aliphatic carboxylic acids is 1. The van der Waals surface area contributed by atoms with E-state index in [1.807, 2.05) is 13.8 Å². The Bertz CT molecular complexity index is 1650. The van der Waals surface area contributed by atoms with Crippen LogP contribution < -0.4 is 10.6 Å². The number of nitrogens with one attached hydrogen (secondary N) is 2. The molecular formula is C39H50F2N4O5. The molecule has 0 aromatic heterocycles. The average Bonchev–Trinajstić information content (AvgIpc) is 3.51. The normalized spacial score (nSPS) is 19.9. The average molecular weight is 693 g/mol. The second-order valence-electron chi connectivity index (χ2n) is 14.7. The SMILES string of the molecule is CCC[C@H](NC(=O)C1=CCC(C)N(CCN2CC3(CCCC3)C2)C1=O)C(=O)N[C@@H](CC(=O)O)c1cc(-c2c(C)cc(F)cc2C)cc(C)c1F. The minimum absolute atomic E-state index is 0.0191. The molecule has 1 saturated heterocycles. The van der Waals surface area contributed by atoms with Gasteiger partial charge in [0, 0.05) is 37.8 Å². The lowest BCUT2D eigenvalue weighted by Crippen LogP contribution is -2.57. The van der Waals surface area contributed by atoms with Crippen molar-refractivity contribution >= 4 is 23.7 Å². The lowest BCUT2D eigenvalue weighted by Gasteiger charge is -2.49. The third-order valence-electron chi connectivity index (χ3n) is 10.7. The summed E-state index contributed by atoms with van der Waals surface area (Å²) in [4.78, 5) is 56.9. The van der Waals surface area contributed by atoms with E-state index < -0.39 is 47.9 Å². The maximum Gasteiger partial charge on any atom is 0.305 e. The lowest BCUT2D eigenvalue weighted by molar-refractivity contribution is -0.138. The summed E-state index contributed by atoms with van der Waals surface area (Å²) in [6, 6.07) is 3.42. The third-order valence-corrected chi connectivity index (χ3v) is 10.7. The molecule has 1 saturated carbocycles. The van der Waals surface area contributed by atoms with Crippen molar-refractivity contribution in [2.45, 2.75) is 104 Å². The van der Waals surface area contributed by atoms with E-state index in [0.29, 0.717) is 47.1 Å². The highest BCUT2D eigenvalue weighted by atomic mass is 19.1. The van der Waals surface area contributed by atoms with Crippen LogP contribution in [0.4, 0.5) is 8.78 Å². The van der Waals surface area contributed by atoms with E-state index in [-0.39, 0.29) is 35.1 Å². The summed E-state index contributed by atoms with van der Waals surface area (Å²) in [7, 11) is 0. The number of amides is 3. The second kappa shape index (κ2) is 15.4. The number of halogens is 2. The van der Waals surface area contributed by atoms with E-state index in [1.54, 1.807) is 37.8 Å². The first-order valence-corrected chi connectivity index (χ1v) is 17.9. The van der Waals surface area contributed by atoms with Crippen LogP contribution >= 0.6 is 0 Å². The van der Waals surface area contributed by atoms with Gasteiger partial charge in [-0.05, 0) is 111 Å². The van der Waals surface area contributed by atoms with Gasteiger partial charge in [-0.2, -0.15) is 0 Å². The van der Waals surface area contributed by atoms with Gasteiger partial charge in [0.2, 0.25) is 5.91 Å². The Morgan fingerprint density at radius 1 is 0.980 bits per heavy atom. The van der Waals surface area contributed by atoms with Crippen LogP contribution in [0.5, 0.6) is 0 Å². The largest absolute Gasteiger partial charge is 0.481 e. The molecule has 2 aromatic rings. The molecule has 9 nitrogen and oxygen atoms in total. The minimum atomic E-state index is -1.27. The fourth-order valence-corrected chi connectivity index (χ4v) is 8.16. The van der Waals surface area contributed by atoms with Gasteiger partial charge in [0.25, 0.3) is 11.8 Å². The van der Waals surface area contributed by atoms with Crippen LogP contribution in [0.15, 0.2) is 35.9 Å². The van der Waals surface area contributed by atoms with Crippen LogP contribution in [0.2, 0.25) is 0 Å². The summed E-state index contributed by atoms with van der Waals surface area (Å²) in [5, 5.41) is 15.2. The number of carbonyl (C=O) groups is 4. The van der Waals surface area contributed by atoms with Crippen LogP contribution in [0.25, 0.3) is 11.1 Å². The minimum Gasteiger partial charge on any atom is -0.481 e. The Kier molecular flexibility index (Phi) is 11.4. The molecule has 0 bridgehead atoms. The molecule has 11 heteroatoms. The van der Waals surface area contributed by atoms with Crippen molar-refractivity contribution in [2.75, 3.05) is 26.2 Å². The summed E-state index contributed by atoms with van der Waals surface area (Å²) in [6.07, 6.45) is 7.35. The van der Waals surface area contributed by atoms with E-state index in [0.717, 1.165) is 19.6 Å². The highest BCUT2D eigenvalue weighted by Crippen LogP contribution is 2.45. The first-order valence-electron chi connectivity index (χ1n) is 17.9. The number of carbonyl (C=O) groups excluding carboxylic acids is 3. The predicted molar refractivity (Wildman–Crippen MR) is 187 cm³/mol. The topological polar surface area (TPSA) is 119 Å². The molecule has 3 amide bonds. The maximum atomic E-state index is 15.7. The Morgan fingerprint density at radius 3 is 2.26 bits per heavy atom. The number of hydrogen-bond acceptors (Lipinski definition) is 5. The molecular weight excluding hydrogens is 642 g/mol. The molecule has 0 radical (unpaired) electrons. The Morgan fingerprint density at radius 2 is 1.64 bits per heavy atom. The van der Waals surface area contributed by atoms with Gasteiger partial charge in [0.05, 0.1) is 12.5 Å². The molecule has 2 heterocycles. The fourth-order valence-electron chi connectivity index (χ4n) is 8.16. The van der Waals surface area contributed by atoms with Crippen LogP contribution in [0.1, 0.15) is 93.5 Å². The predicted octanol–water partition coefficient (Wildman–Crippen LogP) is 5.90. The molecule has 2 aliphatic heterocycles. The molecule has 1 unspecified atom stereocenters. The summed E-state index contributed by atoms with van der Waals surface area (Å²) < 4.78 is 29.8. The first-order chi connectivity index (χ1) is 23.7. The number of aryl methyl sites for hydroxylation is 3. The number of likely N-dealkylation sites (tertiary alicyclic amines) is 1. The Labute approximate surface area is 293 Å². The molecule has 2 fully saturated rings. The van der Waals surface area contributed by atoms with Crippen molar-refractivity contribution in [1.29, 1.82) is 0 Å². The molecule has 1 spiro atoms. The number of nitrogens with zero attached hydrogens (tertiary/aromatic N) is 2. The fraction of sp³-hybridized carbons (Fsp3) is 0.538. The van der Waals surface area contributed by atoms with Crippen molar-refractivity contribution in [3.63, 3.8) is 0 Å². The van der Waals surface area contributed by atoms with Gasteiger partial charge in [-0.3, -0.25) is 19.2 Å². The van der Waals surface area contributed by atoms with Crippen molar-refractivity contribution in [1.82, 2.24) is 20.4 Å². The summed E-state index contributed by atoms with van der Waals surface area (Å²) in [6.45, 7) is 12.2. The van der Waals surface area contributed by atoms with Crippen LogP contribution in [0, 0.1) is 37.8 Å². The smallest absolute Gasteiger partial charge is 0.305 e. The van der Waals surface area contributed by atoms with Crippen molar-refractivity contribution < 1.29 is 33.1 Å². The zero-order valence-electron chi connectivity index (χ0n) is 29.8. The van der Waals surface area contributed by atoms with Gasteiger partial charge in [-0.15, -0.1) is 0 Å². The van der Waals surface area contributed by atoms with E-state index in [1.165, 1.54) is 43.9 Å². The van der Waals surface area contributed by atoms with E-state index in [4.69, 9.17) is 0 Å². The summed E-state index contributed by atoms with van der Waals surface area (Å²) in [5.41, 5.74) is 3.13. The van der Waals surface area contributed by atoms with Gasteiger partial charge in [-0.25, -0.2) is 8.78 Å². The number of carboxylic acid groups (broad SMARTS) is 1. The van der Waals surface area contributed by atoms with Crippen LogP contribution in [-0.4, -0.2) is 76.9 Å². The number of rotatable bonds is 13. The van der Waals surface area contributed by atoms with E-state index in [9.17, 15) is 28.7 Å². The number of carboxylic acids is 1. The van der Waals surface area contributed by atoms with Crippen LogP contribution in [-0.2, 0) is 19.2 Å². The van der Waals surface area contributed by atoms with Crippen molar-refractivity contribution in [3.8, 4) is 11.1 Å². The molecule has 2 aromatic carbocycles. The van der Waals surface area contributed by atoms with E-state index in [2.05, 4.69) is 15.5 Å². The first kappa shape index (κ1) is 37.1. The Balaban J connectivity index is 1.30. The number of benzene rings is 2. The molecule has 3 N–H and O–H groups in total. The van der Waals surface area contributed by atoms with Crippen LogP contribution in [0.3, 0.4) is 0 Å². The summed E-state index contributed by atoms with van der Waals surface area (Å²) >= 11 is 0. The highest BCUT2D eigenvalue weighted by Gasteiger charge is 2.44. The molecule has 270 valence electrons. The van der Waals surface area contributed by atoms with Gasteiger partial charge < -0.3 is 25.5 Å². The van der Waals surface area contributed by atoms with E-state index >= 15 is 4.39 Å². The maximum absolute atomic E-state index is 15.7.